The van der Waals surface area contributed by atoms with Gasteiger partial charge in [0.1, 0.15) is 17.1 Å². The Balaban J connectivity index is 1.43. The number of halogens is 1. The lowest BCUT2D eigenvalue weighted by Gasteiger charge is -2.29. The molecule has 3 aromatic carbocycles. The largest absolute Gasteiger partial charge is 0.497 e. The predicted octanol–water partition coefficient (Wildman–Crippen LogP) is 4.15. The molecule has 8 nitrogen and oxygen atoms in total. The molecule has 1 aliphatic heterocycles. The molecule has 0 radical (unpaired) electrons. The zero-order valence-electron chi connectivity index (χ0n) is 19.0. The normalized spacial score (nSPS) is 14.4. The van der Waals surface area contributed by atoms with Crippen molar-refractivity contribution >= 4 is 75.1 Å². The van der Waals surface area contributed by atoms with Gasteiger partial charge in [-0.1, -0.05) is 24.3 Å². The van der Waals surface area contributed by atoms with E-state index in [0.717, 1.165) is 3.57 Å². The molecule has 1 aliphatic rings. The number of amides is 3. The molecule has 1 saturated heterocycles. The first-order valence-electron chi connectivity index (χ1n) is 10.7. The average molecular weight is 613 g/mol. The minimum atomic E-state index is -0.581. The van der Waals surface area contributed by atoms with Gasteiger partial charge < -0.3 is 14.8 Å². The van der Waals surface area contributed by atoms with Gasteiger partial charge in [0.2, 0.25) is 0 Å². The first-order valence-corrected chi connectivity index (χ1v) is 12.2. The summed E-state index contributed by atoms with van der Waals surface area (Å²) in [7, 11) is 1.54. The number of rotatable bonds is 7. The standard InChI is InChI=1S/C26H20IN3O5S/c1-34-18-12-8-17(9-13-18)30-25(33)20(24(32)29-26(30)36)14-16-6-10-19(11-7-16)35-15-23(31)28-22-5-3-2-4-21(22)27/h2-14H,15H2,1H3,(H,28,31)(H,29,32,36)/b20-14-. The number of methoxy groups -OCH3 is 1. The molecule has 36 heavy (non-hydrogen) atoms. The number of carbonyl (C=O) groups is 3. The molecule has 0 spiro atoms. The van der Waals surface area contributed by atoms with Crippen LogP contribution in [-0.4, -0.2) is 36.6 Å². The number of hydrogen-bond acceptors (Lipinski definition) is 6. The zero-order valence-corrected chi connectivity index (χ0v) is 22.0. The van der Waals surface area contributed by atoms with Gasteiger partial charge in [0, 0.05) is 3.57 Å². The second kappa shape index (κ2) is 11.3. The lowest BCUT2D eigenvalue weighted by molar-refractivity contribution is -0.122. The predicted molar refractivity (Wildman–Crippen MR) is 149 cm³/mol. The van der Waals surface area contributed by atoms with E-state index < -0.39 is 11.8 Å². The molecule has 0 unspecified atom stereocenters. The van der Waals surface area contributed by atoms with E-state index in [1.165, 1.54) is 11.0 Å². The molecule has 182 valence electrons. The van der Waals surface area contributed by atoms with E-state index >= 15 is 0 Å². The number of nitrogens with zero attached hydrogens (tertiary/aromatic N) is 1. The van der Waals surface area contributed by atoms with Crippen molar-refractivity contribution in [3.63, 3.8) is 0 Å². The second-order valence-corrected chi connectivity index (χ2v) is 9.09. The van der Waals surface area contributed by atoms with E-state index in [9.17, 15) is 14.4 Å². The summed E-state index contributed by atoms with van der Waals surface area (Å²) in [6.07, 6.45) is 1.48. The van der Waals surface area contributed by atoms with Crippen LogP contribution in [0, 0.1) is 3.57 Å². The van der Waals surface area contributed by atoms with E-state index in [0.29, 0.717) is 28.4 Å². The van der Waals surface area contributed by atoms with Crippen LogP contribution in [0.15, 0.2) is 78.4 Å². The van der Waals surface area contributed by atoms with E-state index in [-0.39, 0.29) is 23.2 Å². The second-order valence-electron chi connectivity index (χ2n) is 7.54. The number of hydrogen-bond donors (Lipinski definition) is 2. The van der Waals surface area contributed by atoms with Gasteiger partial charge in [0.25, 0.3) is 17.7 Å². The summed E-state index contributed by atoms with van der Waals surface area (Å²) >= 11 is 7.36. The van der Waals surface area contributed by atoms with Crippen LogP contribution in [0.5, 0.6) is 11.5 Å². The van der Waals surface area contributed by atoms with Crippen molar-refractivity contribution in [3.8, 4) is 11.5 Å². The summed E-state index contributed by atoms with van der Waals surface area (Å²) in [5, 5.41) is 5.35. The highest BCUT2D eigenvalue weighted by atomic mass is 127. The van der Waals surface area contributed by atoms with Crippen molar-refractivity contribution < 1.29 is 23.9 Å². The van der Waals surface area contributed by atoms with Crippen molar-refractivity contribution in [1.82, 2.24) is 5.32 Å². The number of nitrogens with one attached hydrogen (secondary N) is 2. The van der Waals surface area contributed by atoms with Gasteiger partial charge in [-0.2, -0.15) is 0 Å². The molecule has 3 amide bonds. The first kappa shape index (κ1) is 25.3. The highest BCUT2D eigenvalue weighted by molar-refractivity contribution is 14.1. The SMILES string of the molecule is COc1ccc(N2C(=O)/C(=C\c3ccc(OCC(=O)Nc4ccccc4I)cc3)C(=O)NC2=S)cc1. The molecule has 0 bridgehead atoms. The molecule has 2 N–H and O–H groups in total. The maximum atomic E-state index is 13.1. The van der Waals surface area contributed by atoms with Gasteiger partial charge in [-0.3, -0.25) is 24.6 Å². The Morgan fingerprint density at radius 2 is 1.69 bits per heavy atom. The summed E-state index contributed by atoms with van der Waals surface area (Å²) in [6.45, 7) is -0.166. The van der Waals surface area contributed by atoms with Crippen LogP contribution in [0.4, 0.5) is 11.4 Å². The molecule has 10 heteroatoms. The van der Waals surface area contributed by atoms with Crippen LogP contribution in [0.25, 0.3) is 6.08 Å². The van der Waals surface area contributed by atoms with Crippen molar-refractivity contribution in [3.05, 3.63) is 87.5 Å². The van der Waals surface area contributed by atoms with Crippen molar-refractivity contribution in [2.75, 3.05) is 23.9 Å². The van der Waals surface area contributed by atoms with Crippen LogP contribution < -0.4 is 25.0 Å². The molecule has 0 atom stereocenters. The molecule has 4 rings (SSSR count). The lowest BCUT2D eigenvalue weighted by Crippen LogP contribution is -2.54. The van der Waals surface area contributed by atoms with Gasteiger partial charge >= 0.3 is 0 Å². The number of anilines is 2. The maximum absolute atomic E-state index is 13.1. The van der Waals surface area contributed by atoms with Crippen molar-refractivity contribution in [2.24, 2.45) is 0 Å². The molecule has 3 aromatic rings. The highest BCUT2D eigenvalue weighted by Crippen LogP contribution is 2.25. The minimum absolute atomic E-state index is 0.000434. The summed E-state index contributed by atoms with van der Waals surface area (Å²) in [6, 6.07) is 20.9. The van der Waals surface area contributed by atoms with Crippen LogP contribution in [0.2, 0.25) is 0 Å². The zero-order chi connectivity index (χ0) is 25.7. The van der Waals surface area contributed by atoms with Crippen LogP contribution in [-0.2, 0) is 14.4 Å². The topological polar surface area (TPSA) is 97.0 Å². The number of ether oxygens (including phenoxy) is 2. The van der Waals surface area contributed by atoms with E-state index in [1.807, 2.05) is 24.3 Å². The Bertz CT molecular complexity index is 1360. The average Bonchev–Trinajstić information content (AvgIpc) is 2.87. The third-order valence-corrected chi connectivity index (χ3v) is 6.37. The fourth-order valence-corrected chi connectivity index (χ4v) is 4.15. The summed E-state index contributed by atoms with van der Waals surface area (Å²) in [5.41, 5.74) is 1.76. The van der Waals surface area contributed by atoms with Gasteiger partial charge in [0.15, 0.2) is 11.7 Å². The van der Waals surface area contributed by atoms with Crippen molar-refractivity contribution in [1.29, 1.82) is 0 Å². The van der Waals surface area contributed by atoms with Crippen LogP contribution in [0.3, 0.4) is 0 Å². The fraction of sp³-hybridized carbons (Fsp3) is 0.0769. The number of para-hydroxylation sites is 1. The minimum Gasteiger partial charge on any atom is -0.497 e. The third kappa shape index (κ3) is 5.89. The van der Waals surface area contributed by atoms with Gasteiger partial charge in [-0.05, 0) is 95.0 Å². The summed E-state index contributed by atoms with van der Waals surface area (Å²) < 4.78 is 11.6. The lowest BCUT2D eigenvalue weighted by atomic mass is 10.1. The van der Waals surface area contributed by atoms with Gasteiger partial charge in [-0.15, -0.1) is 0 Å². The maximum Gasteiger partial charge on any atom is 0.270 e. The van der Waals surface area contributed by atoms with Crippen molar-refractivity contribution in [2.45, 2.75) is 0 Å². The summed E-state index contributed by atoms with van der Waals surface area (Å²) in [4.78, 5) is 39.1. The fourth-order valence-electron chi connectivity index (χ4n) is 3.35. The van der Waals surface area contributed by atoms with E-state index in [4.69, 9.17) is 21.7 Å². The molecule has 1 fully saturated rings. The molecule has 0 aromatic heterocycles. The highest BCUT2D eigenvalue weighted by Gasteiger charge is 2.34. The molecular weight excluding hydrogens is 593 g/mol. The summed E-state index contributed by atoms with van der Waals surface area (Å²) in [5.74, 6) is -0.313. The quantitative estimate of drug-likeness (QED) is 0.180. The number of carbonyl (C=O) groups excluding carboxylic acids is 3. The molecular formula is C26H20IN3O5S. The molecule has 1 heterocycles. The molecule has 0 aliphatic carbocycles. The monoisotopic (exact) mass is 613 g/mol. The Morgan fingerprint density at radius 1 is 1.03 bits per heavy atom. The van der Waals surface area contributed by atoms with E-state index in [1.54, 1.807) is 55.6 Å². The Kier molecular flexibility index (Phi) is 7.96. The Morgan fingerprint density at radius 3 is 2.36 bits per heavy atom. The van der Waals surface area contributed by atoms with Gasteiger partial charge in [-0.25, -0.2) is 0 Å². The van der Waals surface area contributed by atoms with Crippen LogP contribution >= 0.6 is 34.8 Å². The third-order valence-electron chi connectivity index (χ3n) is 5.14. The molecule has 0 saturated carbocycles. The Hall–Kier alpha value is -3.77. The first-order chi connectivity index (χ1) is 17.4. The Labute approximate surface area is 226 Å². The van der Waals surface area contributed by atoms with E-state index in [2.05, 4.69) is 33.2 Å². The van der Waals surface area contributed by atoms with Gasteiger partial charge in [0.05, 0.1) is 18.5 Å². The smallest absolute Gasteiger partial charge is 0.270 e. The number of thiocarbonyl (C=S) groups is 1. The van der Waals surface area contributed by atoms with Crippen LogP contribution in [0.1, 0.15) is 5.56 Å². The number of benzene rings is 3.